The molecule has 0 spiro atoms. The van der Waals surface area contributed by atoms with Gasteiger partial charge in [0.25, 0.3) is 10.0 Å². The average Bonchev–Trinajstić information content (AvgIpc) is 2.54. The van der Waals surface area contributed by atoms with Crippen LogP contribution in [0.25, 0.3) is 0 Å². The van der Waals surface area contributed by atoms with Gasteiger partial charge >= 0.3 is 0 Å². The van der Waals surface area contributed by atoms with E-state index in [0.717, 1.165) is 5.56 Å². The van der Waals surface area contributed by atoms with Gasteiger partial charge in [0.15, 0.2) is 11.5 Å². The third-order valence-corrected chi connectivity index (χ3v) is 4.40. The number of ether oxygens (including phenoxy) is 2. The zero-order valence-electron chi connectivity index (χ0n) is 13.3. The Hall–Kier alpha value is -2.34. The third kappa shape index (κ3) is 4.32. The fraction of sp³-hybridized carbons (Fsp3) is 0.235. The molecular weight excluding hydrogens is 314 g/mol. The molecule has 0 aromatic heterocycles. The minimum atomic E-state index is -3.72. The molecule has 0 radical (unpaired) electrons. The number of nitrogens with zero attached hydrogens (tertiary/aromatic N) is 1. The molecule has 122 valence electrons. The smallest absolute Gasteiger partial charge is 0.282 e. The summed E-state index contributed by atoms with van der Waals surface area (Å²) in [6.07, 6.45) is 1.30. The number of methoxy groups -OCH3 is 1. The second kappa shape index (κ2) is 7.28. The monoisotopic (exact) mass is 333 g/mol. The predicted octanol–water partition coefficient (Wildman–Crippen LogP) is 3.21. The second-order valence-electron chi connectivity index (χ2n) is 4.87. The van der Waals surface area contributed by atoms with E-state index in [9.17, 15) is 8.42 Å². The maximum absolute atomic E-state index is 12.2. The van der Waals surface area contributed by atoms with Gasteiger partial charge in [0.2, 0.25) is 0 Å². The zero-order chi connectivity index (χ0) is 16.9. The van der Waals surface area contributed by atoms with Crippen LogP contribution in [0.4, 0.5) is 0 Å². The van der Waals surface area contributed by atoms with Gasteiger partial charge in [-0.3, -0.25) is 0 Å². The summed E-state index contributed by atoms with van der Waals surface area (Å²) in [6, 6.07) is 11.7. The van der Waals surface area contributed by atoms with E-state index < -0.39 is 10.0 Å². The number of hydrogen-bond acceptors (Lipinski definition) is 4. The van der Waals surface area contributed by atoms with Gasteiger partial charge in [0.1, 0.15) is 0 Å². The highest BCUT2D eigenvalue weighted by molar-refractivity contribution is 7.90. The molecule has 0 unspecified atom stereocenters. The van der Waals surface area contributed by atoms with E-state index in [1.54, 1.807) is 49.6 Å². The Balaban J connectivity index is 2.28. The van der Waals surface area contributed by atoms with Crippen LogP contribution in [0.2, 0.25) is 0 Å². The van der Waals surface area contributed by atoms with E-state index in [-0.39, 0.29) is 4.90 Å². The molecule has 0 saturated heterocycles. The largest absolute Gasteiger partial charge is 0.493 e. The van der Waals surface area contributed by atoms with Crippen molar-refractivity contribution in [2.75, 3.05) is 13.7 Å². The van der Waals surface area contributed by atoms with Crippen LogP contribution in [0.3, 0.4) is 0 Å². The standard InChI is InChI=1S/C17H19NO4S/c1-4-22-17-11-14(7-10-16(17)21-3)12-18-23(19,20)15-8-5-13(2)6-9-15/h5-12H,4H2,1-3H3/b18-12-. The van der Waals surface area contributed by atoms with Gasteiger partial charge in [-0.1, -0.05) is 17.7 Å². The quantitative estimate of drug-likeness (QED) is 0.762. The lowest BCUT2D eigenvalue weighted by atomic mass is 10.2. The molecule has 0 fully saturated rings. The fourth-order valence-corrected chi connectivity index (χ4v) is 2.81. The summed E-state index contributed by atoms with van der Waals surface area (Å²) in [5.74, 6) is 1.14. The Labute approximate surface area is 136 Å². The number of hydrogen-bond donors (Lipinski definition) is 0. The summed E-state index contributed by atoms with van der Waals surface area (Å²) in [5.41, 5.74) is 1.61. The SMILES string of the molecule is CCOc1cc(/C=N\S(=O)(=O)c2ccc(C)cc2)ccc1OC. The highest BCUT2D eigenvalue weighted by Gasteiger charge is 2.11. The minimum absolute atomic E-state index is 0.165. The van der Waals surface area contributed by atoms with Gasteiger partial charge in [-0.05, 0) is 49.7 Å². The molecule has 2 rings (SSSR count). The Morgan fingerprint density at radius 3 is 2.39 bits per heavy atom. The van der Waals surface area contributed by atoms with Crippen molar-refractivity contribution in [3.8, 4) is 11.5 Å². The van der Waals surface area contributed by atoms with E-state index in [0.29, 0.717) is 23.7 Å². The molecule has 2 aromatic carbocycles. The van der Waals surface area contributed by atoms with Crippen LogP contribution in [0.15, 0.2) is 51.8 Å². The van der Waals surface area contributed by atoms with Crippen molar-refractivity contribution in [1.82, 2.24) is 0 Å². The molecule has 0 heterocycles. The Kier molecular flexibility index (Phi) is 5.39. The number of aryl methyl sites for hydroxylation is 1. The van der Waals surface area contributed by atoms with Crippen LogP contribution < -0.4 is 9.47 Å². The Morgan fingerprint density at radius 2 is 1.78 bits per heavy atom. The van der Waals surface area contributed by atoms with E-state index in [2.05, 4.69) is 4.40 Å². The lowest BCUT2D eigenvalue weighted by molar-refractivity contribution is 0.311. The van der Waals surface area contributed by atoms with Gasteiger partial charge in [0.05, 0.1) is 18.6 Å². The molecule has 0 amide bonds. The lowest BCUT2D eigenvalue weighted by Crippen LogP contribution is -1.99. The predicted molar refractivity (Wildman–Crippen MR) is 90.1 cm³/mol. The molecule has 0 N–H and O–H groups in total. The van der Waals surface area contributed by atoms with Crippen molar-refractivity contribution in [3.63, 3.8) is 0 Å². The number of rotatable bonds is 6. The van der Waals surface area contributed by atoms with Crippen molar-refractivity contribution in [1.29, 1.82) is 0 Å². The van der Waals surface area contributed by atoms with E-state index >= 15 is 0 Å². The Morgan fingerprint density at radius 1 is 1.09 bits per heavy atom. The van der Waals surface area contributed by atoms with E-state index in [1.165, 1.54) is 6.21 Å². The van der Waals surface area contributed by atoms with Crippen LogP contribution in [0, 0.1) is 6.92 Å². The summed E-state index contributed by atoms with van der Waals surface area (Å²) in [6.45, 7) is 4.24. The molecule has 0 aliphatic rings. The summed E-state index contributed by atoms with van der Waals surface area (Å²) in [7, 11) is -2.17. The maximum Gasteiger partial charge on any atom is 0.282 e. The molecule has 2 aromatic rings. The van der Waals surface area contributed by atoms with Gasteiger partial charge in [0, 0.05) is 6.21 Å². The maximum atomic E-state index is 12.2. The van der Waals surface area contributed by atoms with Gasteiger partial charge in [-0.25, -0.2) is 0 Å². The van der Waals surface area contributed by atoms with Crippen molar-refractivity contribution in [2.45, 2.75) is 18.7 Å². The second-order valence-corrected chi connectivity index (χ2v) is 6.50. The van der Waals surface area contributed by atoms with E-state index in [4.69, 9.17) is 9.47 Å². The van der Waals surface area contributed by atoms with Crippen molar-refractivity contribution in [2.24, 2.45) is 4.40 Å². The zero-order valence-corrected chi connectivity index (χ0v) is 14.1. The first-order chi connectivity index (χ1) is 11.0. The highest BCUT2D eigenvalue weighted by atomic mass is 32.2. The van der Waals surface area contributed by atoms with Crippen LogP contribution in [0.5, 0.6) is 11.5 Å². The van der Waals surface area contributed by atoms with E-state index in [1.807, 2.05) is 13.8 Å². The lowest BCUT2D eigenvalue weighted by Gasteiger charge is -2.09. The topological polar surface area (TPSA) is 65.0 Å². The molecule has 0 aliphatic heterocycles. The molecule has 0 bridgehead atoms. The summed E-state index contributed by atoms with van der Waals surface area (Å²) in [5, 5.41) is 0. The summed E-state index contributed by atoms with van der Waals surface area (Å²) >= 11 is 0. The van der Waals surface area contributed by atoms with Crippen LogP contribution in [0.1, 0.15) is 18.1 Å². The molecule has 0 saturated carbocycles. The van der Waals surface area contributed by atoms with Crippen LogP contribution >= 0.6 is 0 Å². The van der Waals surface area contributed by atoms with Crippen molar-refractivity contribution < 1.29 is 17.9 Å². The molecule has 0 aliphatic carbocycles. The number of sulfonamides is 1. The molecular formula is C17H19NO4S. The first kappa shape index (κ1) is 17.0. The first-order valence-electron chi connectivity index (χ1n) is 7.14. The molecule has 5 nitrogen and oxygen atoms in total. The normalized spacial score (nSPS) is 11.6. The summed E-state index contributed by atoms with van der Waals surface area (Å²) < 4.78 is 38.8. The highest BCUT2D eigenvalue weighted by Crippen LogP contribution is 2.27. The molecule has 0 atom stereocenters. The average molecular weight is 333 g/mol. The summed E-state index contributed by atoms with van der Waals surface area (Å²) in [4.78, 5) is 0.165. The molecule has 23 heavy (non-hydrogen) atoms. The van der Waals surface area contributed by atoms with Crippen molar-refractivity contribution >= 4 is 16.2 Å². The van der Waals surface area contributed by atoms with Crippen LogP contribution in [-0.2, 0) is 10.0 Å². The van der Waals surface area contributed by atoms with Gasteiger partial charge in [-0.15, -0.1) is 0 Å². The van der Waals surface area contributed by atoms with Crippen molar-refractivity contribution in [3.05, 3.63) is 53.6 Å². The number of benzene rings is 2. The Bertz CT molecular complexity index is 796. The third-order valence-electron chi connectivity index (χ3n) is 3.15. The molecule has 6 heteroatoms. The van der Waals surface area contributed by atoms with Gasteiger partial charge < -0.3 is 9.47 Å². The minimum Gasteiger partial charge on any atom is -0.493 e. The fourth-order valence-electron chi connectivity index (χ4n) is 1.94. The van der Waals surface area contributed by atoms with Gasteiger partial charge in [-0.2, -0.15) is 12.8 Å². The first-order valence-corrected chi connectivity index (χ1v) is 8.58. The van der Waals surface area contributed by atoms with Crippen LogP contribution in [-0.4, -0.2) is 28.3 Å².